The lowest BCUT2D eigenvalue weighted by molar-refractivity contribution is -0.137. The van der Waals surface area contributed by atoms with Crippen molar-refractivity contribution >= 4 is 15.8 Å². The molecule has 0 unspecified atom stereocenters. The van der Waals surface area contributed by atoms with Gasteiger partial charge in [0.05, 0.1) is 11.5 Å². The van der Waals surface area contributed by atoms with Crippen LogP contribution in [0.15, 0.2) is 0 Å². The lowest BCUT2D eigenvalue weighted by Gasteiger charge is -2.05. The SMILES string of the molecule is CCCCCCCCCCCS(=O)(=O)CCCCCCCCCCC(=O)O. The van der Waals surface area contributed by atoms with Crippen molar-refractivity contribution in [2.24, 2.45) is 0 Å². The highest BCUT2D eigenvalue weighted by Gasteiger charge is 2.09. The molecule has 0 aliphatic heterocycles. The molecule has 0 saturated carbocycles. The predicted octanol–water partition coefficient (Wildman–Crippen LogP) is 6.53. The smallest absolute Gasteiger partial charge is 0.303 e. The monoisotopic (exact) mass is 404 g/mol. The fraction of sp³-hybridized carbons (Fsp3) is 0.955. The van der Waals surface area contributed by atoms with Crippen LogP contribution < -0.4 is 0 Å². The number of hydrogen-bond donors (Lipinski definition) is 1. The molecule has 0 aromatic rings. The van der Waals surface area contributed by atoms with Crippen LogP contribution in [0.5, 0.6) is 0 Å². The van der Waals surface area contributed by atoms with E-state index < -0.39 is 15.8 Å². The molecular formula is C22H44O4S. The topological polar surface area (TPSA) is 71.4 Å². The van der Waals surface area contributed by atoms with Crippen molar-refractivity contribution in [3.8, 4) is 0 Å². The number of carboxylic acid groups (broad SMARTS) is 1. The van der Waals surface area contributed by atoms with Gasteiger partial charge in [0, 0.05) is 6.42 Å². The van der Waals surface area contributed by atoms with Gasteiger partial charge in [0.2, 0.25) is 0 Å². The summed E-state index contributed by atoms with van der Waals surface area (Å²) in [7, 11) is -2.85. The van der Waals surface area contributed by atoms with E-state index in [1.54, 1.807) is 0 Å². The minimum atomic E-state index is -2.85. The number of sulfone groups is 1. The van der Waals surface area contributed by atoms with Crippen molar-refractivity contribution in [1.82, 2.24) is 0 Å². The molecule has 5 heteroatoms. The van der Waals surface area contributed by atoms with Crippen LogP contribution in [0.4, 0.5) is 0 Å². The zero-order valence-electron chi connectivity index (χ0n) is 17.7. The summed E-state index contributed by atoms with van der Waals surface area (Å²) in [5.41, 5.74) is 0. The van der Waals surface area contributed by atoms with Gasteiger partial charge < -0.3 is 5.11 Å². The Morgan fingerprint density at radius 1 is 0.593 bits per heavy atom. The third-order valence-corrected chi connectivity index (χ3v) is 6.98. The molecule has 162 valence electrons. The summed E-state index contributed by atoms with van der Waals surface area (Å²) < 4.78 is 24.1. The Hall–Kier alpha value is -0.580. The summed E-state index contributed by atoms with van der Waals surface area (Å²) in [4.78, 5) is 10.4. The minimum Gasteiger partial charge on any atom is -0.481 e. The Labute approximate surface area is 168 Å². The number of aliphatic carboxylic acids is 1. The van der Waals surface area contributed by atoms with Crippen molar-refractivity contribution in [2.45, 2.75) is 122 Å². The second-order valence-electron chi connectivity index (χ2n) is 7.95. The van der Waals surface area contributed by atoms with Crippen LogP contribution in [-0.4, -0.2) is 31.0 Å². The Morgan fingerprint density at radius 3 is 1.30 bits per heavy atom. The average molecular weight is 405 g/mol. The Bertz CT molecular complexity index is 432. The number of hydrogen-bond acceptors (Lipinski definition) is 3. The van der Waals surface area contributed by atoms with Gasteiger partial charge in [0.25, 0.3) is 0 Å². The molecule has 0 spiro atoms. The van der Waals surface area contributed by atoms with Gasteiger partial charge in [-0.15, -0.1) is 0 Å². The Morgan fingerprint density at radius 2 is 0.926 bits per heavy atom. The third-order valence-electron chi connectivity index (χ3n) is 5.15. The zero-order chi connectivity index (χ0) is 20.2. The van der Waals surface area contributed by atoms with E-state index >= 15 is 0 Å². The summed E-state index contributed by atoms with van der Waals surface area (Å²) >= 11 is 0. The number of unbranched alkanes of at least 4 members (excludes halogenated alkanes) is 15. The van der Waals surface area contributed by atoms with Crippen molar-refractivity contribution in [3.05, 3.63) is 0 Å². The van der Waals surface area contributed by atoms with Crippen molar-refractivity contribution in [1.29, 1.82) is 0 Å². The first-order valence-electron chi connectivity index (χ1n) is 11.4. The molecule has 27 heavy (non-hydrogen) atoms. The highest BCUT2D eigenvalue weighted by atomic mass is 32.2. The van der Waals surface area contributed by atoms with Crippen LogP contribution in [0.1, 0.15) is 122 Å². The summed E-state index contributed by atoms with van der Waals surface area (Å²) in [6, 6.07) is 0. The molecule has 0 fully saturated rings. The van der Waals surface area contributed by atoms with Crippen molar-refractivity contribution in [3.63, 3.8) is 0 Å². The molecule has 0 heterocycles. The van der Waals surface area contributed by atoms with Gasteiger partial charge in [-0.2, -0.15) is 0 Å². The van der Waals surface area contributed by atoms with Crippen LogP contribution >= 0.6 is 0 Å². The van der Waals surface area contributed by atoms with Crippen molar-refractivity contribution in [2.75, 3.05) is 11.5 Å². The first-order chi connectivity index (χ1) is 13.0. The maximum absolute atomic E-state index is 12.1. The molecule has 0 aliphatic carbocycles. The van der Waals surface area contributed by atoms with Gasteiger partial charge in [-0.25, -0.2) is 8.42 Å². The Balaban J connectivity index is 3.37. The van der Waals surface area contributed by atoms with Crippen LogP contribution in [0, 0.1) is 0 Å². The normalized spacial score (nSPS) is 11.7. The van der Waals surface area contributed by atoms with E-state index in [2.05, 4.69) is 6.92 Å². The fourth-order valence-corrected chi connectivity index (χ4v) is 4.89. The lowest BCUT2D eigenvalue weighted by Crippen LogP contribution is -2.11. The molecular weight excluding hydrogens is 360 g/mol. The molecule has 0 saturated heterocycles. The molecule has 0 atom stereocenters. The quantitative estimate of drug-likeness (QED) is 0.221. The number of rotatable bonds is 21. The van der Waals surface area contributed by atoms with E-state index in [0.717, 1.165) is 64.2 Å². The summed E-state index contributed by atoms with van der Waals surface area (Å²) in [5, 5.41) is 8.56. The summed E-state index contributed by atoms with van der Waals surface area (Å²) in [6.07, 6.45) is 19.1. The molecule has 1 N–H and O–H groups in total. The molecule has 0 aromatic heterocycles. The molecule has 0 radical (unpaired) electrons. The Kier molecular flexibility index (Phi) is 18.4. The zero-order valence-corrected chi connectivity index (χ0v) is 18.5. The first kappa shape index (κ1) is 26.4. The van der Waals surface area contributed by atoms with Gasteiger partial charge in [-0.05, 0) is 19.3 Å². The number of carboxylic acids is 1. The second kappa shape index (κ2) is 18.8. The van der Waals surface area contributed by atoms with Gasteiger partial charge in [-0.3, -0.25) is 4.79 Å². The van der Waals surface area contributed by atoms with Gasteiger partial charge in [0.1, 0.15) is 9.84 Å². The second-order valence-corrected chi connectivity index (χ2v) is 10.3. The molecule has 0 aliphatic rings. The van der Waals surface area contributed by atoms with Gasteiger partial charge >= 0.3 is 5.97 Å². The van der Waals surface area contributed by atoms with Crippen LogP contribution in [0.25, 0.3) is 0 Å². The van der Waals surface area contributed by atoms with E-state index in [1.807, 2.05) is 0 Å². The number of carbonyl (C=O) groups is 1. The highest BCUT2D eigenvalue weighted by Crippen LogP contribution is 2.12. The standard InChI is InChI=1S/C22H44O4S/c1-2-3-4-5-6-8-11-14-17-20-27(25,26)21-18-15-12-9-7-10-13-16-19-22(23)24/h2-21H2,1H3,(H,23,24). The third kappa shape index (κ3) is 21.6. The maximum Gasteiger partial charge on any atom is 0.303 e. The largest absolute Gasteiger partial charge is 0.481 e. The van der Waals surface area contributed by atoms with E-state index in [4.69, 9.17) is 5.11 Å². The van der Waals surface area contributed by atoms with Crippen LogP contribution in [0.3, 0.4) is 0 Å². The van der Waals surface area contributed by atoms with Gasteiger partial charge in [0.15, 0.2) is 0 Å². The molecule has 0 aromatic carbocycles. The van der Waals surface area contributed by atoms with Gasteiger partial charge in [-0.1, -0.05) is 96.8 Å². The summed E-state index contributed by atoms with van der Waals surface area (Å²) in [6.45, 7) is 2.23. The minimum absolute atomic E-state index is 0.275. The summed E-state index contributed by atoms with van der Waals surface area (Å²) in [5.74, 6) is 0.00769. The van der Waals surface area contributed by atoms with E-state index in [-0.39, 0.29) is 6.42 Å². The first-order valence-corrected chi connectivity index (χ1v) is 13.2. The average Bonchev–Trinajstić information content (AvgIpc) is 2.61. The van der Waals surface area contributed by atoms with Crippen molar-refractivity contribution < 1.29 is 18.3 Å². The molecule has 0 amide bonds. The molecule has 0 rings (SSSR count). The van der Waals surface area contributed by atoms with E-state index in [0.29, 0.717) is 11.5 Å². The van der Waals surface area contributed by atoms with Crippen LogP contribution in [0.2, 0.25) is 0 Å². The predicted molar refractivity (Wildman–Crippen MR) is 115 cm³/mol. The van der Waals surface area contributed by atoms with E-state index in [1.165, 1.54) is 44.9 Å². The molecule has 4 nitrogen and oxygen atoms in total. The van der Waals surface area contributed by atoms with Crippen LogP contribution in [-0.2, 0) is 14.6 Å². The molecule has 0 bridgehead atoms. The lowest BCUT2D eigenvalue weighted by atomic mass is 10.1. The fourth-order valence-electron chi connectivity index (χ4n) is 3.39. The maximum atomic E-state index is 12.1. The van der Waals surface area contributed by atoms with E-state index in [9.17, 15) is 13.2 Å². The highest BCUT2D eigenvalue weighted by molar-refractivity contribution is 7.91.